The summed E-state index contributed by atoms with van der Waals surface area (Å²) in [6.45, 7) is 0. The Morgan fingerprint density at radius 2 is 2.05 bits per heavy atom. The first-order valence-electron chi connectivity index (χ1n) is 6.77. The van der Waals surface area contributed by atoms with E-state index < -0.39 is 0 Å². The van der Waals surface area contributed by atoms with Gasteiger partial charge in [0.2, 0.25) is 5.91 Å². The predicted molar refractivity (Wildman–Crippen MR) is 71.5 cm³/mol. The lowest BCUT2D eigenvalue weighted by Gasteiger charge is -2.32. The summed E-state index contributed by atoms with van der Waals surface area (Å²) in [4.78, 5) is 24.9. The molecule has 2 N–H and O–H groups in total. The lowest BCUT2D eigenvalue weighted by Crippen LogP contribution is -2.39. The van der Waals surface area contributed by atoms with E-state index in [1.165, 1.54) is 31.2 Å². The predicted octanol–water partition coefficient (Wildman–Crippen LogP) is 1.64. The SMILES string of the molecule is CN1C(=O)Cc2ccc(C(N)C3CCC3)cc2C1=O. The highest BCUT2D eigenvalue weighted by Gasteiger charge is 2.30. The highest BCUT2D eigenvalue weighted by molar-refractivity contribution is 6.09. The molecule has 100 valence electrons. The summed E-state index contributed by atoms with van der Waals surface area (Å²) in [7, 11) is 1.53. The molecule has 0 spiro atoms. The lowest BCUT2D eigenvalue weighted by molar-refractivity contribution is -0.127. The molecule has 19 heavy (non-hydrogen) atoms. The zero-order chi connectivity index (χ0) is 13.6. The van der Waals surface area contributed by atoms with Gasteiger partial charge in [-0.05, 0) is 36.0 Å². The number of nitrogens with two attached hydrogens (primary N) is 1. The normalized spacial score (nSPS) is 21.1. The molecule has 1 aromatic carbocycles. The van der Waals surface area contributed by atoms with Crippen LogP contribution in [0.15, 0.2) is 18.2 Å². The van der Waals surface area contributed by atoms with E-state index in [4.69, 9.17) is 5.73 Å². The van der Waals surface area contributed by atoms with Crippen LogP contribution in [0.25, 0.3) is 0 Å². The standard InChI is InChI=1S/C15H18N2O2/c1-17-13(18)8-10-5-6-11(7-12(10)15(17)19)14(16)9-3-2-4-9/h5-7,9,14H,2-4,8,16H2,1H3. The quantitative estimate of drug-likeness (QED) is 0.820. The molecule has 0 saturated heterocycles. The van der Waals surface area contributed by atoms with E-state index in [1.807, 2.05) is 18.2 Å². The molecule has 1 saturated carbocycles. The average Bonchev–Trinajstić information content (AvgIpc) is 2.33. The number of hydrogen-bond acceptors (Lipinski definition) is 3. The van der Waals surface area contributed by atoms with Crippen molar-refractivity contribution in [3.05, 3.63) is 34.9 Å². The first-order valence-corrected chi connectivity index (χ1v) is 6.77. The number of carbonyl (C=O) groups excluding carboxylic acids is 2. The summed E-state index contributed by atoms with van der Waals surface area (Å²) in [6, 6.07) is 5.73. The summed E-state index contributed by atoms with van der Waals surface area (Å²) >= 11 is 0. The number of benzene rings is 1. The molecule has 1 atom stereocenters. The van der Waals surface area contributed by atoms with Gasteiger partial charge in [-0.15, -0.1) is 0 Å². The van der Waals surface area contributed by atoms with Gasteiger partial charge in [-0.3, -0.25) is 14.5 Å². The molecular weight excluding hydrogens is 240 g/mol. The zero-order valence-electron chi connectivity index (χ0n) is 11.1. The van der Waals surface area contributed by atoms with E-state index >= 15 is 0 Å². The number of fused-ring (bicyclic) bond motifs is 1. The summed E-state index contributed by atoms with van der Waals surface area (Å²) in [5.74, 6) is 0.179. The zero-order valence-corrected chi connectivity index (χ0v) is 11.1. The fraction of sp³-hybridized carbons (Fsp3) is 0.467. The molecule has 0 aromatic heterocycles. The van der Waals surface area contributed by atoms with Crippen molar-refractivity contribution >= 4 is 11.8 Å². The van der Waals surface area contributed by atoms with Crippen LogP contribution in [0.4, 0.5) is 0 Å². The molecule has 0 bridgehead atoms. The second kappa shape index (κ2) is 4.46. The van der Waals surface area contributed by atoms with Crippen molar-refractivity contribution in [1.82, 2.24) is 4.90 Å². The van der Waals surface area contributed by atoms with Gasteiger partial charge in [0.15, 0.2) is 0 Å². The molecule has 1 aliphatic heterocycles. The number of amides is 2. The minimum Gasteiger partial charge on any atom is -0.324 e. The highest BCUT2D eigenvalue weighted by atomic mass is 16.2. The van der Waals surface area contributed by atoms with Crippen LogP contribution in [0, 0.1) is 5.92 Å². The van der Waals surface area contributed by atoms with Gasteiger partial charge in [0.25, 0.3) is 5.91 Å². The van der Waals surface area contributed by atoms with Crippen LogP contribution in [0.1, 0.15) is 46.8 Å². The summed E-state index contributed by atoms with van der Waals surface area (Å²) in [5, 5.41) is 0. The third-order valence-electron chi connectivity index (χ3n) is 4.43. The van der Waals surface area contributed by atoms with Crippen LogP contribution in [0.2, 0.25) is 0 Å². The van der Waals surface area contributed by atoms with Crippen LogP contribution in [-0.2, 0) is 11.2 Å². The van der Waals surface area contributed by atoms with Crippen molar-refractivity contribution in [2.75, 3.05) is 7.05 Å². The second-order valence-corrected chi connectivity index (χ2v) is 5.57. The molecule has 2 aliphatic rings. The van der Waals surface area contributed by atoms with E-state index in [2.05, 4.69) is 0 Å². The first-order chi connectivity index (χ1) is 9.08. The lowest BCUT2D eigenvalue weighted by atomic mass is 9.77. The maximum atomic E-state index is 12.1. The minimum absolute atomic E-state index is 0.00906. The number of rotatable bonds is 2. The van der Waals surface area contributed by atoms with Crippen molar-refractivity contribution in [1.29, 1.82) is 0 Å². The first kappa shape index (κ1) is 12.4. The van der Waals surface area contributed by atoms with Crippen molar-refractivity contribution in [2.45, 2.75) is 31.7 Å². The van der Waals surface area contributed by atoms with Gasteiger partial charge in [0, 0.05) is 18.7 Å². The number of likely N-dealkylation sites (N-methyl/N-ethyl adjacent to an activating group) is 1. The Balaban J connectivity index is 1.94. The number of imide groups is 1. The van der Waals surface area contributed by atoms with Gasteiger partial charge in [-0.25, -0.2) is 0 Å². The Morgan fingerprint density at radius 3 is 2.68 bits per heavy atom. The highest BCUT2D eigenvalue weighted by Crippen LogP contribution is 2.37. The van der Waals surface area contributed by atoms with E-state index in [0.29, 0.717) is 17.9 Å². The number of carbonyl (C=O) groups is 2. The largest absolute Gasteiger partial charge is 0.324 e. The van der Waals surface area contributed by atoms with Crippen molar-refractivity contribution < 1.29 is 9.59 Å². The Bertz CT molecular complexity index is 549. The fourth-order valence-electron chi connectivity index (χ4n) is 2.80. The van der Waals surface area contributed by atoms with E-state index in [0.717, 1.165) is 11.1 Å². The van der Waals surface area contributed by atoms with E-state index in [-0.39, 0.29) is 17.9 Å². The minimum atomic E-state index is -0.214. The number of hydrogen-bond donors (Lipinski definition) is 1. The summed E-state index contributed by atoms with van der Waals surface area (Å²) in [5.41, 5.74) is 8.71. The maximum absolute atomic E-state index is 12.1. The molecule has 1 aliphatic carbocycles. The van der Waals surface area contributed by atoms with Gasteiger partial charge in [0.05, 0.1) is 6.42 Å². The smallest absolute Gasteiger partial charge is 0.260 e. The van der Waals surface area contributed by atoms with Crippen LogP contribution < -0.4 is 5.73 Å². The molecule has 4 nitrogen and oxygen atoms in total. The van der Waals surface area contributed by atoms with Crippen LogP contribution in [-0.4, -0.2) is 23.8 Å². The molecule has 1 fully saturated rings. The van der Waals surface area contributed by atoms with Crippen LogP contribution in [0.3, 0.4) is 0 Å². The van der Waals surface area contributed by atoms with Gasteiger partial charge in [-0.2, -0.15) is 0 Å². The van der Waals surface area contributed by atoms with Gasteiger partial charge >= 0.3 is 0 Å². The monoisotopic (exact) mass is 258 g/mol. The molecule has 3 rings (SSSR count). The van der Waals surface area contributed by atoms with Crippen LogP contribution in [0.5, 0.6) is 0 Å². The van der Waals surface area contributed by atoms with Crippen molar-refractivity contribution in [3.63, 3.8) is 0 Å². The summed E-state index contributed by atoms with van der Waals surface area (Å²) in [6.07, 6.45) is 3.89. The van der Waals surface area contributed by atoms with Crippen molar-refractivity contribution in [2.24, 2.45) is 11.7 Å². The van der Waals surface area contributed by atoms with Gasteiger partial charge in [0.1, 0.15) is 0 Å². The molecule has 1 heterocycles. The van der Waals surface area contributed by atoms with Crippen molar-refractivity contribution in [3.8, 4) is 0 Å². The van der Waals surface area contributed by atoms with E-state index in [9.17, 15) is 9.59 Å². The summed E-state index contributed by atoms with van der Waals surface area (Å²) < 4.78 is 0. The number of nitrogens with zero attached hydrogens (tertiary/aromatic N) is 1. The molecule has 4 heteroatoms. The molecule has 1 aromatic rings. The Labute approximate surface area is 112 Å². The Kier molecular flexibility index (Phi) is 2.90. The average molecular weight is 258 g/mol. The maximum Gasteiger partial charge on any atom is 0.260 e. The Hall–Kier alpha value is -1.68. The molecular formula is C15H18N2O2. The topological polar surface area (TPSA) is 63.4 Å². The third kappa shape index (κ3) is 1.96. The third-order valence-corrected chi connectivity index (χ3v) is 4.43. The fourth-order valence-corrected chi connectivity index (χ4v) is 2.80. The van der Waals surface area contributed by atoms with E-state index in [1.54, 1.807) is 0 Å². The van der Waals surface area contributed by atoms with Gasteiger partial charge in [-0.1, -0.05) is 18.6 Å². The molecule has 0 radical (unpaired) electrons. The molecule has 1 unspecified atom stereocenters. The second-order valence-electron chi connectivity index (χ2n) is 5.57. The Morgan fingerprint density at radius 1 is 1.32 bits per heavy atom. The van der Waals surface area contributed by atoms with Crippen LogP contribution >= 0.6 is 0 Å². The molecule has 2 amide bonds. The van der Waals surface area contributed by atoms with Gasteiger partial charge < -0.3 is 5.73 Å².